The predicted molar refractivity (Wildman–Crippen MR) is 66.7 cm³/mol. The highest BCUT2D eigenvalue weighted by Crippen LogP contribution is 2.20. The largest absolute Gasteiger partial charge is 0.357 e. The van der Waals surface area contributed by atoms with Gasteiger partial charge in [0, 0.05) is 25.2 Å². The molecule has 1 rings (SSSR count). The SMILES string of the molecule is CCC(C)N(C)c1ncc(CCl)cc1C. The van der Waals surface area contributed by atoms with Crippen LogP contribution in [0.3, 0.4) is 0 Å². The summed E-state index contributed by atoms with van der Waals surface area (Å²) in [5.74, 6) is 1.58. The summed E-state index contributed by atoms with van der Waals surface area (Å²) in [6.45, 7) is 6.47. The summed E-state index contributed by atoms with van der Waals surface area (Å²) < 4.78 is 0. The van der Waals surface area contributed by atoms with Gasteiger partial charge in [0.15, 0.2) is 0 Å². The molecule has 1 unspecified atom stereocenters. The fourth-order valence-corrected chi connectivity index (χ4v) is 1.70. The highest BCUT2D eigenvalue weighted by Gasteiger charge is 2.11. The molecule has 3 heteroatoms. The second kappa shape index (κ2) is 5.36. The van der Waals surface area contributed by atoms with E-state index in [0.717, 1.165) is 17.8 Å². The van der Waals surface area contributed by atoms with Crippen molar-refractivity contribution in [3.63, 3.8) is 0 Å². The molecule has 0 saturated heterocycles. The number of rotatable bonds is 4. The van der Waals surface area contributed by atoms with Crippen LogP contribution < -0.4 is 4.90 Å². The first kappa shape index (κ1) is 12.3. The Kier molecular flexibility index (Phi) is 4.40. The van der Waals surface area contributed by atoms with E-state index in [1.54, 1.807) is 0 Å². The zero-order valence-corrected chi connectivity index (χ0v) is 10.7. The number of halogens is 1. The van der Waals surface area contributed by atoms with Crippen LogP contribution in [0.25, 0.3) is 0 Å². The number of alkyl halides is 1. The van der Waals surface area contributed by atoms with Crippen LogP contribution in [0.5, 0.6) is 0 Å². The van der Waals surface area contributed by atoms with Gasteiger partial charge in [-0.3, -0.25) is 0 Å². The number of hydrogen-bond donors (Lipinski definition) is 0. The van der Waals surface area contributed by atoms with E-state index >= 15 is 0 Å². The minimum atomic E-state index is 0.512. The van der Waals surface area contributed by atoms with Crippen molar-refractivity contribution in [1.29, 1.82) is 0 Å². The second-order valence-electron chi connectivity index (χ2n) is 3.99. The first-order chi connectivity index (χ1) is 7.10. The van der Waals surface area contributed by atoms with E-state index in [1.165, 1.54) is 5.56 Å². The molecule has 0 radical (unpaired) electrons. The highest BCUT2D eigenvalue weighted by atomic mass is 35.5. The molecule has 0 aliphatic heterocycles. The monoisotopic (exact) mass is 226 g/mol. The molecule has 0 N–H and O–H groups in total. The normalized spacial score (nSPS) is 12.6. The number of aryl methyl sites for hydroxylation is 1. The van der Waals surface area contributed by atoms with Crippen molar-refractivity contribution in [3.05, 3.63) is 23.4 Å². The van der Waals surface area contributed by atoms with Gasteiger partial charge in [-0.05, 0) is 37.5 Å². The Morgan fingerprint density at radius 2 is 2.20 bits per heavy atom. The molecule has 0 aliphatic carbocycles. The molecular weight excluding hydrogens is 208 g/mol. The molecule has 0 aliphatic rings. The Labute approximate surface area is 97.3 Å². The summed E-state index contributed by atoms with van der Waals surface area (Å²) in [7, 11) is 2.09. The topological polar surface area (TPSA) is 16.1 Å². The van der Waals surface area contributed by atoms with Gasteiger partial charge in [-0.15, -0.1) is 11.6 Å². The molecule has 0 amide bonds. The third-order valence-electron chi connectivity index (χ3n) is 2.85. The summed E-state index contributed by atoms with van der Waals surface area (Å²) in [5.41, 5.74) is 2.27. The van der Waals surface area contributed by atoms with Crippen LogP contribution in [0.2, 0.25) is 0 Å². The van der Waals surface area contributed by atoms with Gasteiger partial charge in [-0.2, -0.15) is 0 Å². The standard InChI is InChI=1S/C12H19ClN2/c1-5-10(3)15(4)12-9(2)6-11(7-13)8-14-12/h6,8,10H,5,7H2,1-4H3. The van der Waals surface area contributed by atoms with Crippen molar-refractivity contribution in [2.45, 2.75) is 39.1 Å². The van der Waals surface area contributed by atoms with E-state index in [0.29, 0.717) is 11.9 Å². The average molecular weight is 227 g/mol. The molecule has 84 valence electrons. The molecule has 1 atom stereocenters. The maximum atomic E-state index is 5.77. The lowest BCUT2D eigenvalue weighted by atomic mass is 10.1. The highest BCUT2D eigenvalue weighted by molar-refractivity contribution is 6.17. The van der Waals surface area contributed by atoms with E-state index in [2.05, 4.69) is 43.8 Å². The average Bonchev–Trinajstić information content (AvgIpc) is 2.26. The molecule has 1 aromatic heterocycles. The molecular formula is C12H19ClN2. The minimum Gasteiger partial charge on any atom is -0.357 e. The van der Waals surface area contributed by atoms with Crippen LogP contribution >= 0.6 is 11.6 Å². The van der Waals surface area contributed by atoms with Gasteiger partial charge in [0.2, 0.25) is 0 Å². The van der Waals surface area contributed by atoms with Gasteiger partial charge < -0.3 is 4.90 Å². The van der Waals surface area contributed by atoms with E-state index in [9.17, 15) is 0 Å². The molecule has 0 spiro atoms. The molecule has 0 saturated carbocycles. The second-order valence-corrected chi connectivity index (χ2v) is 4.25. The van der Waals surface area contributed by atoms with Crippen LogP contribution in [0, 0.1) is 6.92 Å². The predicted octanol–water partition coefficient (Wildman–Crippen LogP) is 3.36. The summed E-state index contributed by atoms with van der Waals surface area (Å²) in [6, 6.07) is 2.62. The lowest BCUT2D eigenvalue weighted by Gasteiger charge is -2.26. The van der Waals surface area contributed by atoms with E-state index in [4.69, 9.17) is 11.6 Å². The summed E-state index contributed by atoms with van der Waals surface area (Å²) >= 11 is 5.77. The molecule has 15 heavy (non-hydrogen) atoms. The number of hydrogen-bond acceptors (Lipinski definition) is 2. The summed E-state index contributed by atoms with van der Waals surface area (Å²) in [4.78, 5) is 6.68. The quantitative estimate of drug-likeness (QED) is 0.732. The van der Waals surface area contributed by atoms with Gasteiger partial charge in [-0.25, -0.2) is 4.98 Å². The van der Waals surface area contributed by atoms with Crippen molar-refractivity contribution < 1.29 is 0 Å². The number of anilines is 1. The fraction of sp³-hybridized carbons (Fsp3) is 0.583. The van der Waals surface area contributed by atoms with Gasteiger partial charge in [0.25, 0.3) is 0 Å². The third-order valence-corrected chi connectivity index (χ3v) is 3.16. The van der Waals surface area contributed by atoms with Crippen molar-refractivity contribution in [3.8, 4) is 0 Å². The lowest BCUT2D eigenvalue weighted by molar-refractivity contribution is 0.655. The van der Waals surface area contributed by atoms with E-state index < -0.39 is 0 Å². The fourth-order valence-electron chi connectivity index (χ4n) is 1.55. The van der Waals surface area contributed by atoms with E-state index in [1.807, 2.05) is 6.20 Å². The molecule has 0 aromatic carbocycles. The molecule has 2 nitrogen and oxygen atoms in total. The van der Waals surface area contributed by atoms with Gasteiger partial charge in [0.1, 0.15) is 5.82 Å². The van der Waals surface area contributed by atoms with Crippen molar-refractivity contribution in [2.24, 2.45) is 0 Å². The maximum absolute atomic E-state index is 5.77. The van der Waals surface area contributed by atoms with Crippen LogP contribution in [-0.4, -0.2) is 18.1 Å². The number of nitrogens with zero attached hydrogens (tertiary/aromatic N) is 2. The zero-order chi connectivity index (χ0) is 11.4. The summed E-state index contributed by atoms with van der Waals surface area (Å²) in [6.07, 6.45) is 2.98. The Balaban J connectivity index is 2.95. The molecule has 0 bridgehead atoms. The number of aromatic nitrogens is 1. The molecule has 0 fully saturated rings. The van der Waals surface area contributed by atoms with Crippen molar-refractivity contribution in [2.75, 3.05) is 11.9 Å². The van der Waals surface area contributed by atoms with Crippen molar-refractivity contribution >= 4 is 17.4 Å². The van der Waals surface area contributed by atoms with Crippen LogP contribution in [0.1, 0.15) is 31.4 Å². The molecule has 1 aromatic rings. The van der Waals surface area contributed by atoms with E-state index in [-0.39, 0.29) is 0 Å². The Morgan fingerprint density at radius 3 is 2.67 bits per heavy atom. The van der Waals surface area contributed by atoms with Gasteiger partial charge >= 0.3 is 0 Å². The van der Waals surface area contributed by atoms with Crippen LogP contribution in [-0.2, 0) is 5.88 Å². The minimum absolute atomic E-state index is 0.512. The smallest absolute Gasteiger partial charge is 0.131 e. The van der Waals surface area contributed by atoms with Gasteiger partial charge in [-0.1, -0.05) is 6.92 Å². The molecule has 1 heterocycles. The Bertz CT molecular complexity index is 325. The number of pyridine rings is 1. The Hall–Kier alpha value is -0.760. The Morgan fingerprint density at radius 1 is 1.53 bits per heavy atom. The van der Waals surface area contributed by atoms with Crippen LogP contribution in [0.15, 0.2) is 12.3 Å². The van der Waals surface area contributed by atoms with Crippen LogP contribution in [0.4, 0.5) is 5.82 Å². The lowest BCUT2D eigenvalue weighted by Crippen LogP contribution is -2.29. The maximum Gasteiger partial charge on any atom is 0.131 e. The summed E-state index contributed by atoms with van der Waals surface area (Å²) in [5, 5.41) is 0. The first-order valence-electron chi connectivity index (χ1n) is 5.34. The van der Waals surface area contributed by atoms with Gasteiger partial charge in [0.05, 0.1) is 0 Å². The zero-order valence-electron chi connectivity index (χ0n) is 9.92. The first-order valence-corrected chi connectivity index (χ1v) is 5.87. The third kappa shape index (κ3) is 2.85. The van der Waals surface area contributed by atoms with Crippen molar-refractivity contribution in [1.82, 2.24) is 4.98 Å².